The summed E-state index contributed by atoms with van der Waals surface area (Å²) in [7, 11) is 1.86. The summed E-state index contributed by atoms with van der Waals surface area (Å²) < 4.78 is 1.72. The number of halogens is 1. The fourth-order valence-electron chi connectivity index (χ4n) is 2.64. The zero-order valence-corrected chi connectivity index (χ0v) is 18.4. The van der Waals surface area contributed by atoms with Crippen molar-refractivity contribution in [3.63, 3.8) is 0 Å². The third-order valence-electron chi connectivity index (χ3n) is 3.88. The molecule has 0 aromatic carbocycles. The summed E-state index contributed by atoms with van der Waals surface area (Å²) in [5, 5.41) is 7.45. The van der Waals surface area contributed by atoms with Crippen molar-refractivity contribution in [3.8, 4) is 0 Å². The van der Waals surface area contributed by atoms with Gasteiger partial charge in [-0.25, -0.2) is 0 Å². The van der Waals surface area contributed by atoms with Crippen LogP contribution >= 0.6 is 35.7 Å². The number of hydrogen-bond acceptors (Lipinski definition) is 4. The summed E-state index contributed by atoms with van der Waals surface area (Å²) in [6, 6.07) is 0. The fourth-order valence-corrected chi connectivity index (χ4v) is 3.14. The molecule has 0 atom stereocenters. The van der Waals surface area contributed by atoms with Gasteiger partial charge in [-0.15, -0.1) is 24.0 Å². The number of aromatic nitrogens is 2. The number of unbranched alkanes of at least 4 members (excludes halogenated alkanes) is 1. The molecule has 7 nitrogen and oxygen atoms in total. The molecule has 0 spiro atoms. The number of aryl methyl sites for hydroxylation is 1. The van der Waals surface area contributed by atoms with Crippen LogP contribution < -0.4 is 10.2 Å². The Kier molecular flexibility index (Phi) is 10.2. The van der Waals surface area contributed by atoms with Gasteiger partial charge in [-0.2, -0.15) is 16.9 Å². The number of thioether (sulfide) groups is 1. The average Bonchev–Trinajstić information content (AvgIpc) is 2.99. The second kappa shape index (κ2) is 11.6. The first-order chi connectivity index (χ1) is 11.7. The predicted molar refractivity (Wildman–Crippen MR) is 116 cm³/mol. The Morgan fingerprint density at radius 2 is 2.20 bits per heavy atom. The average molecular weight is 480 g/mol. The molecule has 1 aromatic rings. The standard InChI is InChI=1S/C16H28N6OS.HI/c1-4-17-16(18-7-5-6-10-24-3)21-8-9-22(15(23)13-21)14-11-19-20(2)12-14;/h11-12H,4-10,13H2,1-3H3,(H,17,18);1H. The first-order valence-electron chi connectivity index (χ1n) is 8.47. The van der Waals surface area contributed by atoms with E-state index in [9.17, 15) is 4.79 Å². The van der Waals surface area contributed by atoms with E-state index in [0.29, 0.717) is 13.1 Å². The van der Waals surface area contributed by atoms with E-state index < -0.39 is 0 Å². The molecule has 1 N–H and O–H groups in total. The molecule has 1 aliphatic rings. The zero-order valence-electron chi connectivity index (χ0n) is 15.3. The van der Waals surface area contributed by atoms with Crippen LogP contribution in [0.25, 0.3) is 0 Å². The lowest BCUT2D eigenvalue weighted by atomic mass is 10.3. The number of carbonyl (C=O) groups excluding carboxylic acids is 1. The number of piperazine rings is 1. The van der Waals surface area contributed by atoms with Crippen LogP contribution in [0, 0.1) is 0 Å². The Morgan fingerprint density at radius 3 is 2.80 bits per heavy atom. The Hall–Kier alpha value is -0.970. The minimum atomic E-state index is 0. The highest BCUT2D eigenvalue weighted by Crippen LogP contribution is 2.16. The predicted octanol–water partition coefficient (Wildman–Crippen LogP) is 1.80. The van der Waals surface area contributed by atoms with E-state index in [1.807, 2.05) is 29.9 Å². The molecule has 0 unspecified atom stereocenters. The van der Waals surface area contributed by atoms with E-state index >= 15 is 0 Å². The molecular formula is C16H29IN6OS. The molecule has 2 heterocycles. The number of anilines is 1. The molecule has 142 valence electrons. The molecular weight excluding hydrogens is 451 g/mol. The molecule has 0 radical (unpaired) electrons. The van der Waals surface area contributed by atoms with Crippen molar-refractivity contribution in [2.45, 2.75) is 19.8 Å². The Bertz CT molecular complexity index is 565. The zero-order chi connectivity index (χ0) is 17.4. The number of guanidine groups is 1. The Balaban J connectivity index is 0.00000312. The maximum atomic E-state index is 12.5. The van der Waals surface area contributed by atoms with Crippen molar-refractivity contribution < 1.29 is 4.79 Å². The van der Waals surface area contributed by atoms with E-state index in [1.165, 1.54) is 12.2 Å². The summed E-state index contributed by atoms with van der Waals surface area (Å²) >= 11 is 1.87. The van der Waals surface area contributed by atoms with Crippen molar-refractivity contribution in [1.82, 2.24) is 20.0 Å². The van der Waals surface area contributed by atoms with E-state index in [-0.39, 0.29) is 29.9 Å². The van der Waals surface area contributed by atoms with Crippen molar-refractivity contribution in [1.29, 1.82) is 0 Å². The Labute approximate surface area is 171 Å². The van der Waals surface area contributed by atoms with Crippen LogP contribution in [0.5, 0.6) is 0 Å². The maximum absolute atomic E-state index is 12.5. The lowest BCUT2D eigenvalue weighted by Crippen LogP contribution is -2.55. The first kappa shape index (κ1) is 22.1. The molecule has 0 aliphatic carbocycles. The number of aliphatic imine (C=N–C) groups is 1. The van der Waals surface area contributed by atoms with Gasteiger partial charge in [-0.05, 0) is 31.8 Å². The summed E-state index contributed by atoms with van der Waals surface area (Å²) in [5.74, 6) is 2.11. The molecule has 0 bridgehead atoms. The van der Waals surface area contributed by atoms with Crippen LogP contribution in [0.3, 0.4) is 0 Å². The number of hydrogen-bond donors (Lipinski definition) is 1. The highest BCUT2D eigenvalue weighted by molar-refractivity contribution is 14.0. The van der Waals surface area contributed by atoms with Gasteiger partial charge in [0, 0.05) is 39.4 Å². The summed E-state index contributed by atoms with van der Waals surface area (Å²) in [5.41, 5.74) is 0.862. The van der Waals surface area contributed by atoms with Gasteiger partial charge in [-0.1, -0.05) is 0 Å². The largest absolute Gasteiger partial charge is 0.357 e. The quantitative estimate of drug-likeness (QED) is 0.279. The lowest BCUT2D eigenvalue weighted by molar-refractivity contribution is -0.120. The molecule has 1 saturated heterocycles. The lowest BCUT2D eigenvalue weighted by Gasteiger charge is -2.35. The summed E-state index contributed by atoms with van der Waals surface area (Å²) in [6.07, 6.45) is 8.00. The third kappa shape index (κ3) is 6.69. The smallest absolute Gasteiger partial charge is 0.246 e. The van der Waals surface area contributed by atoms with Gasteiger partial charge < -0.3 is 15.1 Å². The van der Waals surface area contributed by atoms with Crippen LogP contribution in [0.4, 0.5) is 5.69 Å². The van der Waals surface area contributed by atoms with Crippen LogP contribution in [0.15, 0.2) is 17.4 Å². The van der Waals surface area contributed by atoms with Crippen molar-refractivity contribution in [2.24, 2.45) is 12.0 Å². The maximum Gasteiger partial charge on any atom is 0.246 e. The van der Waals surface area contributed by atoms with E-state index in [4.69, 9.17) is 0 Å². The van der Waals surface area contributed by atoms with Gasteiger partial charge in [0.1, 0.15) is 6.54 Å². The number of nitrogens with zero attached hydrogens (tertiary/aromatic N) is 5. The molecule has 1 fully saturated rings. The van der Waals surface area contributed by atoms with Crippen LogP contribution in [-0.4, -0.2) is 71.3 Å². The van der Waals surface area contributed by atoms with Gasteiger partial charge in [0.25, 0.3) is 0 Å². The normalized spacial score (nSPS) is 15.3. The number of amides is 1. The number of nitrogens with one attached hydrogen (secondary N) is 1. The van der Waals surface area contributed by atoms with Crippen LogP contribution in [-0.2, 0) is 11.8 Å². The summed E-state index contributed by atoms with van der Waals surface area (Å²) in [4.78, 5) is 21.0. The molecule has 1 aliphatic heterocycles. The van der Waals surface area contributed by atoms with E-state index in [1.54, 1.807) is 15.8 Å². The van der Waals surface area contributed by atoms with Crippen molar-refractivity contribution >= 4 is 53.3 Å². The van der Waals surface area contributed by atoms with Crippen LogP contribution in [0.2, 0.25) is 0 Å². The van der Waals surface area contributed by atoms with Crippen molar-refractivity contribution in [3.05, 3.63) is 12.4 Å². The van der Waals surface area contributed by atoms with E-state index in [2.05, 4.69) is 28.6 Å². The molecule has 9 heteroatoms. The molecule has 2 rings (SSSR count). The number of carbonyl (C=O) groups is 1. The molecule has 1 aromatic heterocycles. The number of rotatable bonds is 7. The monoisotopic (exact) mass is 480 g/mol. The van der Waals surface area contributed by atoms with Gasteiger partial charge in [-0.3, -0.25) is 14.5 Å². The van der Waals surface area contributed by atoms with Gasteiger partial charge in [0.15, 0.2) is 5.96 Å². The summed E-state index contributed by atoms with van der Waals surface area (Å²) in [6.45, 7) is 5.45. The third-order valence-corrected chi connectivity index (χ3v) is 4.57. The first-order valence-corrected chi connectivity index (χ1v) is 9.86. The van der Waals surface area contributed by atoms with E-state index in [0.717, 1.165) is 37.7 Å². The highest BCUT2D eigenvalue weighted by Gasteiger charge is 2.27. The molecule has 1 amide bonds. The topological polar surface area (TPSA) is 65.8 Å². The van der Waals surface area contributed by atoms with Gasteiger partial charge >= 0.3 is 0 Å². The molecule has 25 heavy (non-hydrogen) atoms. The second-order valence-electron chi connectivity index (χ2n) is 5.77. The Morgan fingerprint density at radius 1 is 1.40 bits per heavy atom. The second-order valence-corrected chi connectivity index (χ2v) is 6.76. The molecule has 0 saturated carbocycles. The fraction of sp³-hybridized carbons (Fsp3) is 0.688. The van der Waals surface area contributed by atoms with Gasteiger partial charge in [0.05, 0.1) is 11.9 Å². The van der Waals surface area contributed by atoms with Gasteiger partial charge in [0.2, 0.25) is 5.91 Å². The van der Waals surface area contributed by atoms with Crippen LogP contribution in [0.1, 0.15) is 19.8 Å². The van der Waals surface area contributed by atoms with Crippen molar-refractivity contribution in [2.75, 3.05) is 49.6 Å². The SMILES string of the molecule is CCNC(=NCCCCSC)N1CCN(c2cnn(C)c2)C(=O)C1.I. The highest BCUT2D eigenvalue weighted by atomic mass is 127. The minimum Gasteiger partial charge on any atom is -0.357 e. The minimum absolute atomic E-state index is 0.